The van der Waals surface area contributed by atoms with E-state index in [-0.39, 0.29) is 0 Å². The van der Waals surface area contributed by atoms with Gasteiger partial charge in [-0.3, -0.25) is 4.79 Å². The summed E-state index contributed by atoms with van der Waals surface area (Å²) >= 11 is 1.85. The number of fused-ring (bicyclic) bond motifs is 3. The van der Waals surface area contributed by atoms with Gasteiger partial charge in [-0.2, -0.15) is 0 Å². The average molecular weight is 361 g/mol. The highest BCUT2D eigenvalue weighted by molar-refractivity contribution is 7.15. The molecule has 1 saturated carbocycles. The molecule has 2 saturated heterocycles. The molecule has 5 nitrogen and oxygen atoms in total. The van der Waals surface area contributed by atoms with Gasteiger partial charge in [-0.1, -0.05) is 24.2 Å². The smallest absolute Gasteiger partial charge is 0.226 e. The fourth-order valence-electron chi connectivity index (χ4n) is 5.15. The largest absolute Gasteiger partial charge is 0.344 e. The molecule has 1 amide bonds. The summed E-state index contributed by atoms with van der Waals surface area (Å²) in [4.78, 5) is 23.7. The van der Waals surface area contributed by atoms with Crippen molar-refractivity contribution in [2.75, 3.05) is 31.1 Å². The Labute approximate surface area is 153 Å². The fraction of sp³-hybridized carbons (Fsp3) is 0.789. The zero-order valence-corrected chi connectivity index (χ0v) is 15.7. The van der Waals surface area contributed by atoms with Crippen LogP contribution in [0.5, 0.6) is 0 Å². The molecule has 0 spiro atoms. The van der Waals surface area contributed by atoms with E-state index >= 15 is 0 Å². The highest BCUT2D eigenvalue weighted by atomic mass is 32.1. The normalized spacial score (nSPS) is 29.8. The molecule has 2 atom stereocenters. The van der Waals surface area contributed by atoms with Gasteiger partial charge in [0.2, 0.25) is 5.91 Å². The van der Waals surface area contributed by atoms with E-state index in [4.69, 9.17) is 4.98 Å². The van der Waals surface area contributed by atoms with E-state index < -0.39 is 0 Å². The van der Waals surface area contributed by atoms with Crippen LogP contribution in [0.4, 0.5) is 5.13 Å². The van der Waals surface area contributed by atoms with Crippen LogP contribution in [0.25, 0.3) is 0 Å². The van der Waals surface area contributed by atoms with Crippen LogP contribution in [0.15, 0.2) is 0 Å². The molecule has 4 aliphatic rings. The van der Waals surface area contributed by atoms with Crippen LogP contribution in [0.3, 0.4) is 0 Å². The van der Waals surface area contributed by atoms with Crippen molar-refractivity contribution in [3.63, 3.8) is 0 Å². The van der Waals surface area contributed by atoms with Crippen molar-refractivity contribution in [2.24, 2.45) is 11.8 Å². The molecule has 3 fully saturated rings. The van der Waals surface area contributed by atoms with Crippen molar-refractivity contribution in [3.8, 4) is 0 Å². The summed E-state index contributed by atoms with van der Waals surface area (Å²) in [5.41, 5.74) is 1.25. The highest BCUT2D eigenvalue weighted by Crippen LogP contribution is 2.38. The fourth-order valence-corrected chi connectivity index (χ4v) is 6.35. The second kappa shape index (κ2) is 6.54. The van der Waals surface area contributed by atoms with Gasteiger partial charge in [0.25, 0.3) is 0 Å². The lowest BCUT2D eigenvalue weighted by molar-refractivity contribution is -0.136. The minimum Gasteiger partial charge on any atom is -0.344 e. The molecule has 0 aromatic carbocycles. The van der Waals surface area contributed by atoms with E-state index in [1.807, 2.05) is 11.3 Å². The minimum atomic E-state index is 0.293. The second-order valence-corrected chi connectivity index (χ2v) is 9.32. The molecule has 1 aliphatic carbocycles. The van der Waals surface area contributed by atoms with E-state index in [0.717, 1.165) is 44.8 Å². The predicted octanol–water partition coefficient (Wildman–Crippen LogP) is 2.41. The van der Waals surface area contributed by atoms with Gasteiger partial charge in [-0.05, 0) is 38.1 Å². The first kappa shape index (κ1) is 16.1. The number of rotatable bonds is 2. The molecule has 5 rings (SSSR count). The number of hydrogen-bond acceptors (Lipinski definition) is 5. The molecule has 1 aromatic heterocycles. The maximum Gasteiger partial charge on any atom is 0.226 e. The van der Waals surface area contributed by atoms with Gasteiger partial charge in [0, 0.05) is 42.9 Å². The number of nitrogens with one attached hydrogen (secondary N) is 1. The Morgan fingerprint density at radius 3 is 3.00 bits per heavy atom. The van der Waals surface area contributed by atoms with E-state index in [9.17, 15) is 4.79 Å². The van der Waals surface area contributed by atoms with Crippen LogP contribution in [0.1, 0.15) is 49.1 Å². The van der Waals surface area contributed by atoms with Crippen LogP contribution in [-0.2, 0) is 17.8 Å². The van der Waals surface area contributed by atoms with Crippen LogP contribution in [0.2, 0.25) is 0 Å². The Balaban J connectivity index is 1.31. The van der Waals surface area contributed by atoms with Crippen molar-refractivity contribution < 1.29 is 4.79 Å². The molecule has 2 unspecified atom stereocenters. The number of anilines is 1. The quantitative estimate of drug-likeness (QED) is 0.880. The lowest BCUT2D eigenvalue weighted by Crippen LogP contribution is -2.39. The molecular weight excluding hydrogens is 332 g/mol. The Kier molecular flexibility index (Phi) is 4.20. The van der Waals surface area contributed by atoms with Crippen LogP contribution in [-0.4, -0.2) is 48.0 Å². The number of carbonyl (C=O) groups is 1. The number of nitrogens with zero attached hydrogens (tertiary/aromatic N) is 3. The Morgan fingerprint density at radius 1 is 1.24 bits per heavy atom. The molecule has 25 heavy (non-hydrogen) atoms. The van der Waals surface area contributed by atoms with Gasteiger partial charge in [-0.25, -0.2) is 4.98 Å². The number of amides is 1. The van der Waals surface area contributed by atoms with Gasteiger partial charge in [0.15, 0.2) is 5.13 Å². The van der Waals surface area contributed by atoms with E-state index in [1.165, 1.54) is 54.5 Å². The van der Waals surface area contributed by atoms with Crippen molar-refractivity contribution >= 4 is 22.4 Å². The summed E-state index contributed by atoms with van der Waals surface area (Å²) in [6.07, 6.45) is 8.19. The highest BCUT2D eigenvalue weighted by Gasteiger charge is 2.36. The van der Waals surface area contributed by atoms with Gasteiger partial charge >= 0.3 is 0 Å². The van der Waals surface area contributed by atoms with Gasteiger partial charge < -0.3 is 15.1 Å². The minimum absolute atomic E-state index is 0.293. The molecule has 2 bridgehead atoms. The average Bonchev–Trinajstić information content (AvgIpc) is 3.31. The summed E-state index contributed by atoms with van der Waals surface area (Å²) < 4.78 is 0. The summed E-state index contributed by atoms with van der Waals surface area (Å²) in [7, 11) is 0. The number of aromatic nitrogens is 1. The third-order valence-corrected chi connectivity index (χ3v) is 7.71. The molecular formula is C19H28N4OS. The first-order chi connectivity index (χ1) is 12.3. The maximum absolute atomic E-state index is 12.8. The van der Waals surface area contributed by atoms with Gasteiger partial charge in [-0.15, -0.1) is 0 Å². The standard InChI is InChI=1S/C19H28N4OS/c24-18(14-3-1-2-4-14)22-8-6-16-17(12-22)25-19(21-16)23-11-13-5-7-20-10-15(23)9-13/h13-15,20H,1-12H2. The lowest BCUT2D eigenvalue weighted by atomic mass is 10.0. The van der Waals surface area contributed by atoms with Crippen LogP contribution < -0.4 is 10.2 Å². The summed E-state index contributed by atoms with van der Waals surface area (Å²) in [5, 5.41) is 4.78. The predicted molar refractivity (Wildman–Crippen MR) is 99.9 cm³/mol. The SMILES string of the molecule is O=C(C1CCCC1)N1CCc2nc(N3CC4CCNCC3C4)sc2C1. The van der Waals surface area contributed by atoms with Crippen LogP contribution >= 0.6 is 11.3 Å². The topological polar surface area (TPSA) is 48.5 Å². The molecule has 1 N–H and O–H groups in total. The molecule has 3 aliphatic heterocycles. The van der Waals surface area contributed by atoms with Crippen molar-refractivity contribution in [1.29, 1.82) is 0 Å². The maximum atomic E-state index is 12.8. The molecule has 1 aromatic rings. The Bertz CT molecular complexity index is 654. The summed E-state index contributed by atoms with van der Waals surface area (Å²) in [5.74, 6) is 1.51. The monoisotopic (exact) mass is 360 g/mol. The number of thiazole rings is 1. The lowest BCUT2D eigenvalue weighted by Gasteiger charge is -2.28. The Hall–Kier alpha value is -1.14. The third kappa shape index (κ3) is 2.97. The van der Waals surface area contributed by atoms with Crippen LogP contribution in [0, 0.1) is 11.8 Å². The van der Waals surface area contributed by atoms with Gasteiger partial charge in [0.05, 0.1) is 12.2 Å². The first-order valence-corrected chi connectivity index (χ1v) is 10.8. The number of hydrogen-bond donors (Lipinski definition) is 1. The molecule has 4 heterocycles. The first-order valence-electron chi connectivity index (χ1n) is 10.0. The van der Waals surface area contributed by atoms with Crippen molar-refractivity contribution in [2.45, 2.75) is 57.5 Å². The van der Waals surface area contributed by atoms with Crippen molar-refractivity contribution in [1.82, 2.24) is 15.2 Å². The Morgan fingerprint density at radius 2 is 2.12 bits per heavy atom. The van der Waals surface area contributed by atoms with E-state index in [1.54, 1.807) is 0 Å². The van der Waals surface area contributed by atoms with Gasteiger partial charge in [0.1, 0.15) is 0 Å². The summed E-state index contributed by atoms with van der Waals surface area (Å²) in [6.45, 7) is 5.08. The second-order valence-electron chi connectivity index (χ2n) is 8.26. The molecule has 0 radical (unpaired) electrons. The third-order valence-electron chi connectivity index (χ3n) is 6.59. The number of carbonyl (C=O) groups excluding carboxylic acids is 1. The molecule has 136 valence electrons. The van der Waals surface area contributed by atoms with E-state index in [0.29, 0.717) is 17.9 Å². The zero-order chi connectivity index (χ0) is 16.8. The molecule has 6 heteroatoms. The van der Waals surface area contributed by atoms with E-state index in [2.05, 4.69) is 15.1 Å². The zero-order valence-electron chi connectivity index (χ0n) is 14.9. The van der Waals surface area contributed by atoms with Crippen molar-refractivity contribution in [3.05, 3.63) is 10.6 Å². The summed E-state index contributed by atoms with van der Waals surface area (Å²) in [6, 6.07) is 0.608.